The van der Waals surface area contributed by atoms with Gasteiger partial charge < -0.3 is 10.7 Å². The van der Waals surface area contributed by atoms with Gasteiger partial charge >= 0.3 is 0 Å². The largest absolute Gasteiger partial charge is 0.325 e. The van der Waals surface area contributed by atoms with Crippen molar-refractivity contribution in [2.45, 2.75) is 5.92 Å². The predicted molar refractivity (Wildman–Crippen MR) is 76.1 cm³/mol. The zero-order valence-corrected chi connectivity index (χ0v) is 10.7. The molecule has 0 aromatic heterocycles. The first kappa shape index (κ1) is 11.9. The van der Waals surface area contributed by atoms with E-state index in [4.69, 9.17) is 17.0 Å². The van der Waals surface area contributed by atoms with Crippen LogP contribution in [0.3, 0.4) is 0 Å². The van der Waals surface area contributed by atoms with E-state index in [1.165, 1.54) is 0 Å². The van der Waals surface area contributed by atoms with Gasteiger partial charge in [-0.2, -0.15) is 0 Å². The molecule has 2 aromatic rings. The molecule has 94 valence electrons. The van der Waals surface area contributed by atoms with E-state index in [9.17, 15) is 4.79 Å². The minimum Gasteiger partial charge on any atom is -0.325 e. The molecular weight excluding hydrogens is 260 g/mol. The van der Waals surface area contributed by atoms with Gasteiger partial charge in [-0.05, 0) is 23.3 Å². The van der Waals surface area contributed by atoms with Gasteiger partial charge in [-0.1, -0.05) is 48.0 Å². The quantitative estimate of drug-likeness (QED) is 0.807. The molecule has 19 heavy (non-hydrogen) atoms. The number of benzene rings is 2. The number of carbonyl (C=O) groups excluding carboxylic acids is 1. The van der Waals surface area contributed by atoms with Crippen LogP contribution in [0.25, 0.3) is 0 Å². The summed E-state index contributed by atoms with van der Waals surface area (Å²) in [6, 6.07) is 14.5. The van der Waals surface area contributed by atoms with E-state index in [1.807, 2.05) is 30.3 Å². The molecule has 1 aliphatic rings. The highest BCUT2D eigenvalue weighted by molar-refractivity contribution is 6.31. The van der Waals surface area contributed by atoms with Gasteiger partial charge in [-0.3, -0.25) is 4.79 Å². The van der Waals surface area contributed by atoms with E-state index >= 15 is 0 Å². The van der Waals surface area contributed by atoms with Gasteiger partial charge in [0.25, 0.3) is 0 Å². The molecule has 0 bridgehead atoms. The minimum absolute atomic E-state index is 0.175. The van der Waals surface area contributed by atoms with Gasteiger partial charge in [0, 0.05) is 10.7 Å². The molecule has 4 heteroatoms. The number of hydrogen-bond donors (Lipinski definition) is 2. The van der Waals surface area contributed by atoms with Crippen LogP contribution in [0.5, 0.6) is 0 Å². The van der Waals surface area contributed by atoms with Crippen molar-refractivity contribution in [3.8, 4) is 0 Å². The Hall–Kier alpha value is -2.13. The fraction of sp³-hybridized carbons (Fsp3) is 0.0667. The summed E-state index contributed by atoms with van der Waals surface area (Å²) >= 11 is 5.91. The van der Waals surface area contributed by atoms with Crippen LogP contribution in [-0.2, 0) is 4.79 Å². The molecule has 1 aliphatic heterocycles. The molecule has 2 N–H and O–H groups in total. The lowest BCUT2D eigenvalue weighted by Gasteiger charge is -2.10. The second-order valence-corrected chi connectivity index (χ2v) is 4.87. The number of halogens is 1. The Labute approximate surface area is 115 Å². The van der Waals surface area contributed by atoms with Crippen molar-refractivity contribution in [3.05, 3.63) is 64.7 Å². The molecule has 3 rings (SSSR count). The summed E-state index contributed by atoms with van der Waals surface area (Å²) in [6.07, 6.45) is 0. The topological polar surface area (TPSA) is 53.0 Å². The van der Waals surface area contributed by atoms with Crippen molar-refractivity contribution in [1.82, 2.24) is 0 Å². The van der Waals surface area contributed by atoms with Crippen LogP contribution in [-0.4, -0.2) is 11.6 Å². The average molecular weight is 271 g/mol. The van der Waals surface area contributed by atoms with Crippen molar-refractivity contribution in [3.63, 3.8) is 0 Å². The van der Waals surface area contributed by atoms with Crippen molar-refractivity contribution in [1.29, 1.82) is 5.41 Å². The van der Waals surface area contributed by atoms with Crippen LogP contribution in [0.2, 0.25) is 5.02 Å². The first-order chi connectivity index (χ1) is 9.16. The molecule has 1 unspecified atom stereocenters. The Morgan fingerprint density at radius 1 is 1.16 bits per heavy atom. The Balaban J connectivity index is 2.03. The van der Waals surface area contributed by atoms with Crippen molar-refractivity contribution in [2.75, 3.05) is 5.32 Å². The standard InChI is InChI=1S/C15H11ClN2O/c16-10-6-7-11-12(8-10)18-15(19)13(11)14(17)9-4-2-1-3-5-9/h1-8,13,17H,(H,18,19). The van der Waals surface area contributed by atoms with Gasteiger partial charge in [0.05, 0.1) is 5.71 Å². The lowest BCUT2D eigenvalue weighted by atomic mass is 9.91. The molecule has 0 spiro atoms. The third-order valence-electron chi connectivity index (χ3n) is 3.22. The SMILES string of the molecule is N=C(c1ccccc1)C1C(=O)Nc2cc(Cl)ccc21. The molecule has 0 fully saturated rings. The van der Waals surface area contributed by atoms with E-state index in [1.54, 1.807) is 18.2 Å². The molecule has 1 heterocycles. The second kappa shape index (κ2) is 4.52. The Kier molecular flexibility index (Phi) is 2.84. The third-order valence-corrected chi connectivity index (χ3v) is 3.45. The second-order valence-electron chi connectivity index (χ2n) is 4.43. The highest BCUT2D eigenvalue weighted by Crippen LogP contribution is 2.36. The first-order valence-corrected chi connectivity index (χ1v) is 6.29. The number of rotatable bonds is 2. The van der Waals surface area contributed by atoms with Crippen LogP contribution in [0.1, 0.15) is 17.0 Å². The maximum Gasteiger partial charge on any atom is 0.238 e. The average Bonchev–Trinajstić information content (AvgIpc) is 2.74. The van der Waals surface area contributed by atoms with E-state index in [0.29, 0.717) is 16.4 Å². The minimum atomic E-state index is -0.560. The maximum atomic E-state index is 12.1. The van der Waals surface area contributed by atoms with Gasteiger partial charge in [0.15, 0.2) is 0 Å². The molecule has 1 atom stereocenters. The highest BCUT2D eigenvalue weighted by Gasteiger charge is 2.34. The fourth-order valence-electron chi connectivity index (χ4n) is 2.31. The summed E-state index contributed by atoms with van der Waals surface area (Å²) < 4.78 is 0. The molecule has 0 radical (unpaired) electrons. The van der Waals surface area contributed by atoms with Gasteiger partial charge in [0.1, 0.15) is 5.92 Å². The molecule has 0 aliphatic carbocycles. The Bertz CT molecular complexity index is 667. The van der Waals surface area contributed by atoms with E-state index in [-0.39, 0.29) is 5.91 Å². The van der Waals surface area contributed by atoms with Gasteiger partial charge in [-0.25, -0.2) is 0 Å². The number of carbonyl (C=O) groups is 1. The van der Waals surface area contributed by atoms with Crippen LogP contribution in [0.4, 0.5) is 5.69 Å². The zero-order chi connectivity index (χ0) is 13.4. The van der Waals surface area contributed by atoms with Crippen LogP contribution < -0.4 is 5.32 Å². The van der Waals surface area contributed by atoms with Crippen LogP contribution >= 0.6 is 11.6 Å². The van der Waals surface area contributed by atoms with Crippen molar-refractivity contribution in [2.24, 2.45) is 0 Å². The van der Waals surface area contributed by atoms with Crippen LogP contribution in [0.15, 0.2) is 48.5 Å². The summed E-state index contributed by atoms with van der Waals surface area (Å²) in [5, 5.41) is 11.6. The van der Waals surface area contributed by atoms with Crippen LogP contribution in [0, 0.1) is 5.41 Å². The Morgan fingerprint density at radius 3 is 2.63 bits per heavy atom. The summed E-state index contributed by atoms with van der Waals surface area (Å²) in [7, 11) is 0. The lowest BCUT2D eigenvalue weighted by molar-refractivity contribution is -0.115. The predicted octanol–water partition coefficient (Wildman–Crippen LogP) is 3.44. The number of amides is 1. The highest BCUT2D eigenvalue weighted by atomic mass is 35.5. The van der Waals surface area contributed by atoms with Crippen molar-refractivity contribution < 1.29 is 4.79 Å². The molecule has 2 aromatic carbocycles. The number of fused-ring (bicyclic) bond motifs is 1. The molecule has 0 saturated heterocycles. The fourth-order valence-corrected chi connectivity index (χ4v) is 2.48. The van der Waals surface area contributed by atoms with E-state index in [2.05, 4.69) is 5.32 Å². The molecule has 3 nitrogen and oxygen atoms in total. The van der Waals surface area contributed by atoms with Gasteiger partial charge in [-0.15, -0.1) is 0 Å². The Morgan fingerprint density at radius 2 is 1.89 bits per heavy atom. The molecule has 1 amide bonds. The normalized spacial score (nSPS) is 16.9. The third kappa shape index (κ3) is 2.02. The number of nitrogens with one attached hydrogen (secondary N) is 2. The summed E-state index contributed by atoms with van der Waals surface area (Å²) in [6.45, 7) is 0. The number of anilines is 1. The summed E-state index contributed by atoms with van der Waals surface area (Å²) in [5.74, 6) is -0.735. The molecular formula is C15H11ClN2O. The first-order valence-electron chi connectivity index (χ1n) is 5.91. The van der Waals surface area contributed by atoms with Crippen molar-refractivity contribution >= 4 is 28.9 Å². The summed E-state index contributed by atoms with van der Waals surface area (Å²) in [5.41, 5.74) is 2.57. The lowest BCUT2D eigenvalue weighted by Crippen LogP contribution is -2.21. The molecule has 0 saturated carbocycles. The van der Waals surface area contributed by atoms with E-state index in [0.717, 1.165) is 11.1 Å². The monoisotopic (exact) mass is 270 g/mol. The summed E-state index contributed by atoms with van der Waals surface area (Å²) in [4.78, 5) is 12.1. The number of hydrogen-bond acceptors (Lipinski definition) is 2. The maximum absolute atomic E-state index is 12.1. The van der Waals surface area contributed by atoms with Gasteiger partial charge in [0.2, 0.25) is 5.91 Å². The smallest absolute Gasteiger partial charge is 0.238 e. The zero-order valence-electron chi connectivity index (χ0n) is 9.98. The van der Waals surface area contributed by atoms with E-state index < -0.39 is 5.92 Å².